The lowest BCUT2D eigenvalue weighted by Gasteiger charge is -2.26. The van der Waals surface area contributed by atoms with Crippen molar-refractivity contribution in [2.24, 2.45) is 9.98 Å². The summed E-state index contributed by atoms with van der Waals surface area (Å²) in [5.41, 5.74) is 4.58. The van der Waals surface area contributed by atoms with E-state index < -0.39 is 0 Å². The molecule has 0 saturated carbocycles. The predicted molar refractivity (Wildman–Crippen MR) is 145 cm³/mol. The number of fused-ring (bicyclic) bond motifs is 1. The van der Waals surface area contributed by atoms with E-state index in [-0.39, 0.29) is 17.9 Å². The maximum Gasteiger partial charge on any atom is 0.233 e. The van der Waals surface area contributed by atoms with Crippen molar-refractivity contribution in [3.8, 4) is 28.4 Å². The number of hydrogen-bond acceptors (Lipinski definition) is 5. The number of hydrogen-bond donors (Lipinski definition) is 1. The fraction of sp³-hybridized carbons (Fsp3) is 0.276. The van der Waals surface area contributed by atoms with Crippen LogP contribution in [-0.4, -0.2) is 45.1 Å². The van der Waals surface area contributed by atoms with Crippen molar-refractivity contribution in [1.82, 2.24) is 25.1 Å². The van der Waals surface area contributed by atoms with Crippen molar-refractivity contribution in [3.05, 3.63) is 84.1 Å². The lowest BCUT2D eigenvalue weighted by molar-refractivity contribution is 0.240. The Labute approximate surface area is 220 Å². The Kier molecular flexibility index (Phi) is 6.64. The van der Waals surface area contributed by atoms with Crippen LogP contribution in [0.3, 0.4) is 0 Å². The summed E-state index contributed by atoms with van der Waals surface area (Å²) in [6.07, 6.45) is 4.33. The summed E-state index contributed by atoms with van der Waals surface area (Å²) in [5, 5.41) is 12.1. The highest BCUT2D eigenvalue weighted by atomic mass is 19.1. The fourth-order valence-corrected chi connectivity index (χ4v) is 5.07. The third-order valence-electron chi connectivity index (χ3n) is 6.83. The molecule has 2 atom stereocenters. The number of nitrogens with one attached hydrogen (secondary N) is 1. The van der Waals surface area contributed by atoms with Crippen molar-refractivity contribution in [3.63, 3.8) is 0 Å². The minimum Gasteiger partial charge on any atom is -0.474 e. The number of aryl methyl sites for hydroxylation is 1. The van der Waals surface area contributed by atoms with Gasteiger partial charge in [0.1, 0.15) is 18.2 Å². The van der Waals surface area contributed by atoms with Crippen LogP contribution in [0.25, 0.3) is 22.5 Å². The third-order valence-corrected chi connectivity index (χ3v) is 6.83. The highest BCUT2D eigenvalue weighted by molar-refractivity contribution is 5.90. The summed E-state index contributed by atoms with van der Waals surface area (Å²) in [5.74, 6) is 1.83. The average molecular weight is 510 g/mol. The number of guanidine groups is 1. The molecular formula is C29H28FN7O. The van der Waals surface area contributed by atoms with E-state index in [4.69, 9.17) is 9.72 Å². The molecule has 2 unspecified atom stereocenters. The number of halogens is 1. The zero-order chi connectivity index (χ0) is 25.9. The Hall–Kier alpha value is -4.40. The molecule has 4 aromatic rings. The van der Waals surface area contributed by atoms with Gasteiger partial charge in [-0.3, -0.25) is 4.99 Å². The van der Waals surface area contributed by atoms with E-state index in [9.17, 15) is 4.39 Å². The highest BCUT2D eigenvalue weighted by Crippen LogP contribution is 2.38. The molecule has 0 fully saturated rings. The first-order chi connectivity index (χ1) is 18.7. The Bertz CT molecular complexity index is 1460. The molecule has 2 aromatic heterocycles. The molecule has 8 nitrogen and oxygen atoms in total. The van der Waals surface area contributed by atoms with Crippen molar-refractivity contribution in [2.45, 2.75) is 38.3 Å². The third kappa shape index (κ3) is 4.79. The Morgan fingerprint density at radius 3 is 2.63 bits per heavy atom. The molecule has 6 rings (SSSR count). The summed E-state index contributed by atoms with van der Waals surface area (Å²) < 4.78 is 22.1. The molecule has 0 radical (unpaired) electrons. The molecule has 1 N–H and O–H groups in total. The van der Waals surface area contributed by atoms with Gasteiger partial charge in [0.15, 0.2) is 0 Å². The molecule has 9 heteroatoms. The van der Waals surface area contributed by atoms with Gasteiger partial charge in [-0.05, 0) is 43.7 Å². The van der Waals surface area contributed by atoms with Gasteiger partial charge >= 0.3 is 0 Å². The average Bonchev–Trinajstić information content (AvgIpc) is 3.53. The quantitative estimate of drug-likeness (QED) is 0.370. The van der Waals surface area contributed by atoms with Crippen LogP contribution in [0, 0.1) is 5.82 Å². The Morgan fingerprint density at radius 1 is 1.03 bits per heavy atom. The molecule has 0 spiro atoms. The molecule has 4 heterocycles. The number of nitrogens with zero attached hydrogens (tertiary/aromatic N) is 6. The standard InChI is InChI=1S/C29H28FN7O/c1-2-31-29-32-17-16-24(33-29)28-27(20-8-10-21(30)11-9-20)34-25-14-12-22(37(25)28)18-38-26-15-13-23(35-36-26)19-6-4-3-5-7-19/h3-11,13,15,17,22,24H,2,12,14,16,18H2,1H3,(H,31,33). The van der Waals surface area contributed by atoms with Crippen LogP contribution in [-0.2, 0) is 6.42 Å². The lowest BCUT2D eigenvalue weighted by Crippen LogP contribution is -2.33. The van der Waals surface area contributed by atoms with Gasteiger partial charge in [0, 0.05) is 42.8 Å². The SMILES string of the molecule is CCN=C1N=CCC(c2c(-c3ccc(F)cc3)nc3n2C(COc2ccc(-c4ccccc4)nn2)CC3)N1. The largest absolute Gasteiger partial charge is 0.474 e. The minimum absolute atomic E-state index is 0.0651. The Balaban J connectivity index is 1.28. The number of aliphatic imine (C=N–C) groups is 2. The van der Waals surface area contributed by atoms with Crippen molar-refractivity contribution >= 4 is 12.2 Å². The summed E-state index contributed by atoms with van der Waals surface area (Å²) in [7, 11) is 0. The lowest BCUT2D eigenvalue weighted by atomic mass is 10.0. The summed E-state index contributed by atoms with van der Waals surface area (Å²) >= 11 is 0. The van der Waals surface area contributed by atoms with Crippen LogP contribution < -0.4 is 10.1 Å². The molecule has 2 aromatic carbocycles. The molecule has 2 aliphatic heterocycles. The van der Waals surface area contributed by atoms with Crippen LogP contribution in [0.2, 0.25) is 0 Å². The van der Waals surface area contributed by atoms with Gasteiger partial charge in [-0.25, -0.2) is 14.4 Å². The second-order valence-corrected chi connectivity index (χ2v) is 9.31. The van der Waals surface area contributed by atoms with E-state index in [2.05, 4.69) is 30.1 Å². The molecule has 0 bridgehead atoms. The van der Waals surface area contributed by atoms with Crippen molar-refractivity contribution < 1.29 is 9.13 Å². The molecule has 38 heavy (non-hydrogen) atoms. The first-order valence-electron chi connectivity index (χ1n) is 12.9. The monoisotopic (exact) mass is 509 g/mol. The van der Waals surface area contributed by atoms with E-state index in [0.29, 0.717) is 31.4 Å². The van der Waals surface area contributed by atoms with E-state index in [1.54, 1.807) is 12.1 Å². The Morgan fingerprint density at radius 2 is 1.87 bits per heavy atom. The second-order valence-electron chi connectivity index (χ2n) is 9.31. The highest BCUT2D eigenvalue weighted by Gasteiger charge is 2.34. The van der Waals surface area contributed by atoms with E-state index in [1.165, 1.54) is 12.1 Å². The predicted octanol–water partition coefficient (Wildman–Crippen LogP) is 5.19. The molecule has 0 saturated heterocycles. The second kappa shape index (κ2) is 10.5. The smallest absolute Gasteiger partial charge is 0.233 e. The molecular weight excluding hydrogens is 481 g/mol. The van der Waals surface area contributed by atoms with Gasteiger partial charge in [-0.15, -0.1) is 10.2 Å². The number of imidazole rings is 1. The minimum atomic E-state index is -0.270. The van der Waals surface area contributed by atoms with Crippen LogP contribution in [0.4, 0.5) is 4.39 Å². The van der Waals surface area contributed by atoms with E-state index in [1.807, 2.05) is 55.6 Å². The maximum absolute atomic E-state index is 13.7. The first-order valence-corrected chi connectivity index (χ1v) is 12.9. The van der Waals surface area contributed by atoms with Gasteiger partial charge in [0.25, 0.3) is 0 Å². The van der Waals surface area contributed by atoms with Crippen LogP contribution in [0.1, 0.15) is 43.4 Å². The van der Waals surface area contributed by atoms with Gasteiger partial charge < -0.3 is 14.6 Å². The summed E-state index contributed by atoms with van der Waals surface area (Å²) in [6, 6.07) is 20.2. The molecule has 0 aliphatic carbocycles. The first kappa shape index (κ1) is 24.0. The van der Waals surface area contributed by atoms with Gasteiger partial charge in [0.05, 0.1) is 29.2 Å². The maximum atomic E-state index is 13.7. The number of aromatic nitrogens is 4. The normalized spacial score (nSPS) is 19.4. The molecule has 0 amide bonds. The van der Waals surface area contributed by atoms with Crippen LogP contribution in [0.5, 0.6) is 5.88 Å². The van der Waals surface area contributed by atoms with Gasteiger partial charge in [-0.2, -0.15) is 0 Å². The molecule has 192 valence electrons. The number of rotatable bonds is 7. The van der Waals surface area contributed by atoms with Gasteiger partial charge in [-0.1, -0.05) is 30.3 Å². The van der Waals surface area contributed by atoms with Gasteiger partial charge in [0.2, 0.25) is 11.8 Å². The summed E-state index contributed by atoms with van der Waals surface area (Å²) in [4.78, 5) is 13.9. The zero-order valence-corrected chi connectivity index (χ0v) is 21.1. The zero-order valence-electron chi connectivity index (χ0n) is 21.1. The van der Waals surface area contributed by atoms with E-state index in [0.717, 1.165) is 46.9 Å². The van der Waals surface area contributed by atoms with Crippen molar-refractivity contribution in [1.29, 1.82) is 0 Å². The van der Waals surface area contributed by atoms with Crippen LogP contribution in [0.15, 0.2) is 76.7 Å². The van der Waals surface area contributed by atoms with Crippen LogP contribution >= 0.6 is 0 Å². The topological polar surface area (TPSA) is 89.6 Å². The fourth-order valence-electron chi connectivity index (χ4n) is 5.07. The number of benzene rings is 2. The summed E-state index contributed by atoms with van der Waals surface area (Å²) in [6.45, 7) is 3.06. The number of ether oxygens (including phenoxy) is 1. The van der Waals surface area contributed by atoms with E-state index >= 15 is 0 Å². The molecule has 2 aliphatic rings. The van der Waals surface area contributed by atoms with Crippen molar-refractivity contribution in [2.75, 3.05) is 13.2 Å².